The number of nitrogens with zero attached hydrogens (tertiary/aromatic N) is 3. The number of aliphatic imine (C=N–C) groups is 1. The average molecular weight is 404 g/mol. The highest BCUT2D eigenvalue weighted by atomic mass is 19.4. The van der Waals surface area contributed by atoms with Crippen LogP contribution in [0.5, 0.6) is 0 Å². The number of anilines is 1. The molecule has 0 aliphatic carbocycles. The van der Waals surface area contributed by atoms with Crippen LogP contribution in [0.3, 0.4) is 0 Å². The second kappa shape index (κ2) is 9.39. The van der Waals surface area contributed by atoms with Crippen molar-refractivity contribution >= 4 is 11.5 Å². The molecule has 0 bridgehead atoms. The molecule has 0 saturated carbocycles. The van der Waals surface area contributed by atoms with Gasteiger partial charge in [-0.3, -0.25) is 14.9 Å². The molecule has 0 radical (unpaired) electrons. The Labute approximate surface area is 169 Å². The van der Waals surface area contributed by atoms with Gasteiger partial charge in [0.25, 0.3) is 0 Å². The maximum Gasteiger partial charge on any atom is 0.418 e. The monoisotopic (exact) mass is 404 g/mol. The van der Waals surface area contributed by atoms with Crippen LogP contribution in [0.4, 0.5) is 18.9 Å². The van der Waals surface area contributed by atoms with Crippen molar-refractivity contribution in [3.05, 3.63) is 47.7 Å². The van der Waals surface area contributed by atoms with E-state index in [9.17, 15) is 13.2 Å². The molecule has 2 heterocycles. The van der Waals surface area contributed by atoms with E-state index in [0.29, 0.717) is 18.7 Å². The number of likely N-dealkylation sites (N-methyl/N-ethyl adjacent to an activating group) is 1. The summed E-state index contributed by atoms with van der Waals surface area (Å²) >= 11 is 0. The number of nitrogens with one attached hydrogen (secondary N) is 1. The zero-order valence-electron chi connectivity index (χ0n) is 16.9. The van der Waals surface area contributed by atoms with Gasteiger partial charge in [0.2, 0.25) is 0 Å². The molecular weight excluding hydrogens is 377 g/mol. The summed E-state index contributed by atoms with van der Waals surface area (Å²) in [5.41, 5.74) is 1.43. The van der Waals surface area contributed by atoms with Crippen molar-refractivity contribution in [3.63, 3.8) is 0 Å². The SMILES string of the molecule is CCCCCCN(C)CC1=NCc2ccc(-c3ncccc3C(F)(F)F)cc2N1. The first-order chi connectivity index (χ1) is 13.9. The predicted molar refractivity (Wildman–Crippen MR) is 111 cm³/mol. The summed E-state index contributed by atoms with van der Waals surface area (Å²) in [6.07, 6.45) is 1.77. The minimum atomic E-state index is -4.44. The summed E-state index contributed by atoms with van der Waals surface area (Å²) in [6, 6.07) is 7.61. The number of aromatic nitrogens is 1. The first kappa shape index (κ1) is 21.3. The second-order valence-corrected chi connectivity index (χ2v) is 7.46. The Morgan fingerprint density at radius 2 is 1.97 bits per heavy atom. The zero-order valence-corrected chi connectivity index (χ0v) is 16.9. The molecule has 0 fully saturated rings. The Kier molecular flexibility index (Phi) is 6.90. The molecular formula is C22H27F3N4. The summed E-state index contributed by atoms with van der Waals surface area (Å²) in [6.45, 7) is 4.40. The number of amidine groups is 1. The van der Waals surface area contributed by atoms with Crippen molar-refractivity contribution < 1.29 is 13.2 Å². The van der Waals surface area contributed by atoms with Gasteiger partial charge in [-0.25, -0.2) is 0 Å². The van der Waals surface area contributed by atoms with E-state index in [1.165, 1.54) is 31.5 Å². The molecule has 7 heteroatoms. The first-order valence-corrected chi connectivity index (χ1v) is 10.0. The van der Waals surface area contributed by atoms with Crippen molar-refractivity contribution in [1.29, 1.82) is 0 Å². The number of fused-ring (bicyclic) bond motifs is 1. The summed E-state index contributed by atoms with van der Waals surface area (Å²) in [7, 11) is 2.06. The number of alkyl halides is 3. The van der Waals surface area contributed by atoms with Crippen LogP contribution < -0.4 is 5.32 Å². The summed E-state index contributed by atoms with van der Waals surface area (Å²) < 4.78 is 40.0. The van der Waals surface area contributed by atoms with E-state index in [1.54, 1.807) is 12.1 Å². The van der Waals surface area contributed by atoms with E-state index in [1.807, 2.05) is 6.07 Å². The van der Waals surface area contributed by atoms with Crippen LogP contribution in [-0.4, -0.2) is 35.9 Å². The van der Waals surface area contributed by atoms with Crippen LogP contribution in [0.15, 0.2) is 41.5 Å². The Bertz CT molecular complexity index is 861. The molecule has 0 unspecified atom stereocenters. The van der Waals surface area contributed by atoms with Gasteiger partial charge in [-0.15, -0.1) is 0 Å². The standard InChI is InChI=1S/C22H27F3N4/c1-3-4-5-6-12-29(2)15-20-27-14-17-10-9-16(13-19(17)28-20)21-18(22(23,24)25)8-7-11-26-21/h7-11,13H,3-6,12,14-15H2,1-2H3,(H,27,28). The fourth-order valence-electron chi connectivity index (χ4n) is 3.45. The molecule has 156 valence electrons. The zero-order chi connectivity index (χ0) is 20.9. The fraction of sp³-hybridized carbons (Fsp3) is 0.455. The maximum atomic E-state index is 13.3. The van der Waals surface area contributed by atoms with Crippen LogP contribution in [0.1, 0.15) is 43.7 Å². The molecule has 1 N–H and O–H groups in total. The molecule has 1 aliphatic heterocycles. The number of hydrogen-bond donors (Lipinski definition) is 1. The molecule has 0 atom stereocenters. The fourth-order valence-corrected chi connectivity index (χ4v) is 3.45. The van der Waals surface area contributed by atoms with Crippen LogP contribution in [0.2, 0.25) is 0 Å². The number of hydrogen-bond acceptors (Lipinski definition) is 4. The van der Waals surface area contributed by atoms with Gasteiger partial charge in [0.1, 0.15) is 5.84 Å². The van der Waals surface area contributed by atoms with E-state index in [2.05, 4.69) is 34.2 Å². The lowest BCUT2D eigenvalue weighted by molar-refractivity contribution is -0.137. The Balaban J connectivity index is 1.72. The Hall–Kier alpha value is -2.41. The number of unbranched alkanes of at least 4 members (excludes halogenated alkanes) is 3. The summed E-state index contributed by atoms with van der Waals surface area (Å²) in [5, 5.41) is 3.30. The van der Waals surface area contributed by atoms with Gasteiger partial charge in [-0.05, 0) is 43.8 Å². The van der Waals surface area contributed by atoms with Crippen molar-refractivity contribution in [2.24, 2.45) is 4.99 Å². The molecule has 1 aliphatic rings. The summed E-state index contributed by atoms with van der Waals surface area (Å²) in [5.74, 6) is 0.838. The molecule has 1 aromatic carbocycles. The highest BCUT2D eigenvalue weighted by Crippen LogP contribution is 2.37. The topological polar surface area (TPSA) is 40.5 Å². The van der Waals surface area contributed by atoms with Crippen LogP contribution in [-0.2, 0) is 12.7 Å². The quantitative estimate of drug-likeness (QED) is 0.582. The van der Waals surface area contributed by atoms with Crippen molar-refractivity contribution in [3.8, 4) is 11.3 Å². The molecule has 2 aromatic rings. The minimum absolute atomic E-state index is 0.0540. The number of pyridine rings is 1. The molecule has 0 saturated heterocycles. The van der Waals surface area contributed by atoms with Gasteiger partial charge in [0.15, 0.2) is 0 Å². The average Bonchev–Trinajstić information content (AvgIpc) is 2.70. The lowest BCUT2D eigenvalue weighted by Crippen LogP contribution is -2.32. The van der Waals surface area contributed by atoms with E-state index >= 15 is 0 Å². The van der Waals surface area contributed by atoms with E-state index < -0.39 is 11.7 Å². The second-order valence-electron chi connectivity index (χ2n) is 7.46. The normalized spacial score (nSPS) is 13.8. The lowest BCUT2D eigenvalue weighted by Gasteiger charge is -2.23. The van der Waals surface area contributed by atoms with Gasteiger partial charge in [-0.2, -0.15) is 13.2 Å². The first-order valence-electron chi connectivity index (χ1n) is 10.0. The third-order valence-corrected chi connectivity index (χ3v) is 5.03. The molecule has 4 nitrogen and oxygen atoms in total. The molecule has 3 rings (SSSR count). The molecule has 0 spiro atoms. The van der Waals surface area contributed by atoms with Crippen molar-refractivity contribution in [1.82, 2.24) is 9.88 Å². The van der Waals surface area contributed by atoms with E-state index in [4.69, 9.17) is 0 Å². The van der Waals surface area contributed by atoms with Crippen LogP contribution >= 0.6 is 0 Å². The maximum absolute atomic E-state index is 13.3. The molecule has 0 amide bonds. The van der Waals surface area contributed by atoms with E-state index in [0.717, 1.165) is 36.1 Å². The smallest absolute Gasteiger partial charge is 0.343 e. The van der Waals surface area contributed by atoms with Gasteiger partial charge in [0, 0.05) is 17.4 Å². The molecule has 1 aromatic heterocycles. The summed E-state index contributed by atoms with van der Waals surface area (Å²) in [4.78, 5) is 10.8. The van der Waals surface area contributed by atoms with Crippen LogP contribution in [0.25, 0.3) is 11.3 Å². The predicted octanol–water partition coefficient (Wildman–Crippen LogP) is 5.60. The number of halogens is 3. The van der Waals surface area contributed by atoms with E-state index in [-0.39, 0.29) is 5.69 Å². The van der Waals surface area contributed by atoms with Crippen LogP contribution in [0, 0.1) is 0 Å². The van der Waals surface area contributed by atoms with Gasteiger partial charge in [0.05, 0.1) is 24.3 Å². The lowest BCUT2D eigenvalue weighted by atomic mass is 10.0. The Morgan fingerprint density at radius 1 is 1.14 bits per heavy atom. The highest BCUT2D eigenvalue weighted by Gasteiger charge is 2.34. The Morgan fingerprint density at radius 3 is 2.72 bits per heavy atom. The third kappa shape index (κ3) is 5.56. The number of rotatable bonds is 8. The number of benzene rings is 1. The van der Waals surface area contributed by atoms with Gasteiger partial charge < -0.3 is 5.32 Å². The third-order valence-electron chi connectivity index (χ3n) is 5.03. The molecule has 29 heavy (non-hydrogen) atoms. The van der Waals surface area contributed by atoms with Crippen molar-refractivity contribution in [2.45, 2.75) is 45.3 Å². The largest absolute Gasteiger partial charge is 0.418 e. The van der Waals surface area contributed by atoms with Gasteiger partial charge >= 0.3 is 6.18 Å². The highest BCUT2D eigenvalue weighted by molar-refractivity contribution is 5.99. The minimum Gasteiger partial charge on any atom is -0.343 e. The van der Waals surface area contributed by atoms with Crippen molar-refractivity contribution in [2.75, 3.05) is 25.5 Å². The van der Waals surface area contributed by atoms with Gasteiger partial charge in [-0.1, -0.05) is 38.3 Å².